The van der Waals surface area contributed by atoms with E-state index in [1.54, 1.807) is 0 Å². The monoisotopic (exact) mass is 316 g/mol. The van der Waals surface area contributed by atoms with Crippen LogP contribution in [-0.2, 0) is 11.2 Å². The Morgan fingerprint density at radius 2 is 2.00 bits per heavy atom. The van der Waals surface area contributed by atoms with Gasteiger partial charge in [-0.25, -0.2) is 15.3 Å². The fraction of sp³-hybridized carbons (Fsp3) is 0.214. The third-order valence-electron chi connectivity index (χ3n) is 2.92. The lowest BCUT2D eigenvalue weighted by molar-refractivity contribution is -0.120. The Morgan fingerprint density at radius 3 is 2.61 bits per heavy atom. The van der Waals surface area contributed by atoms with Crippen LogP contribution in [0.3, 0.4) is 0 Å². The van der Waals surface area contributed by atoms with Gasteiger partial charge in [-0.2, -0.15) is 10.2 Å². The van der Waals surface area contributed by atoms with Gasteiger partial charge in [0.25, 0.3) is 5.56 Å². The molecule has 0 spiro atoms. The molecule has 1 aromatic heterocycles. The van der Waals surface area contributed by atoms with Crippen molar-refractivity contribution in [2.24, 2.45) is 5.10 Å². The van der Waals surface area contributed by atoms with E-state index in [1.807, 2.05) is 48.2 Å². The van der Waals surface area contributed by atoms with Crippen LogP contribution in [0.15, 0.2) is 39.0 Å². The van der Waals surface area contributed by atoms with Crippen molar-refractivity contribution in [3.8, 4) is 0 Å². The van der Waals surface area contributed by atoms with Crippen molar-refractivity contribution in [2.45, 2.75) is 6.42 Å². The largest absolute Gasteiger partial charge is 0.378 e. The minimum Gasteiger partial charge on any atom is -0.378 e. The summed E-state index contributed by atoms with van der Waals surface area (Å²) in [6.07, 6.45) is 1.20. The third-order valence-corrected chi connectivity index (χ3v) is 2.92. The lowest BCUT2D eigenvalue weighted by Gasteiger charge is -2.11. The Kier molecular flexibility index (Phi) is 5.03. The van der Waals surface area contributed by atoms with Gasteiger partial charge in [-0.15, -0.1) is 0 Å². The SMILES string of the molecule is CN(C)c1ccc(/C=N/NC(=O)Cc2n[nH]c(=O)[nH]c2=O)cc1. The average molecular weight is 316 g/mol. The molecule has 0 aliphatic heterocycles. The third kappa shape index (κ3) is 4.63. The van der Waals surface area contributed by atoms with Crippen molar-refractivity contribution in [1.82, 2.24) is 20.6 Å². The molecule has 0 fully saturated rings. The van der Waals surface area contributed by atoms with Crippen molar-refractivity contribution in [1.29, 1.82) is 0 Å². The summed E-state index contributed by atoms with van der Waals surface area (Å²) in [5.41, 5.74) is 2.64. The van der Waals surface area contributed by atoms with Crippen molar-refractivity contribution in [3.05, 3.63) is 56.4 Å². The normalized spacial score (nSPS) is 10.7. The zero-order chi connectivity index (χ0) is 16.8. The minimum atomic E-state index is -0.724. The zero-order valence-corrected chi connectivity index (χ0v) is 12.7. The van der Waals surface area contributed by atoms with Crippen LogP contribution in [0.25, 0.3) is 0 Å². The van der Waals surface area contributed by atoms with Crippen molar-refractivity contribution in [3.63, 3.8) is 0 Å². The van der Waals surface area contributed by atoms with Crippen molar-refractivity contribution in [2.75, 3.05) is 19.0 Å². The maximum Gasteiger partial charge on any atom is 0.342 e. The average Bonchev–Trinajstić information content (AvgIpc) is 2.50. The van der Waals surface area contributed by atoms with Gasteiger partial charge in [0.2, 0.25) is 5.91 Å². The summed E-state index contributed by atoms with van der Waals surface area (Å²) in [6, 6.07) is 7.57. The molecule has 2 aromatic rings. The Labute approximate surface area is 131 Å². The molecule has 2 rings (SSSR count). The highest BCUT2D eigenvalue weighted by Gasteiger charge is 2.08. The highest BCUT2D eigenvalue weighted by molar-refractivity contribution is 5.83. The second-order valence-corrected chi connectivity index (χ2v) is 4.91. The Bertz CT molecular complexity index is 819. The molecule has 0 aliphatic rings. The molecule has 0 radical (unpaired) electrons. The topological polar surface area (TPSA) is 123 Å². The number of amides is 1. The first kappa shape index (κ1) is 16.1. The molecule has 9 heteroatoms. The molecule has 1 aromatic carbocycles. The molecule has 3 N–H and O–H groups in total. The number of nitrogens with zero attached hydrogens (tertiary/aromatic N) is 3. The summed E-state index contributed by atoms with van der Waals surface area (Å²) in [5.74, 6) is -0.517. The van der Waals surface area contributed by atoms with Crippen LogP contribution in [0.4, 0.5) is 5.69 Å². The zero-order valence-electron chi connectivity index (χ0n) is 12.7. The first-order chi connectivity index (χ1) is 11.0. The number of aromatic nitrogens is 3. The number of hydrazone groups is 1. The van der Waals surface area contributed by atoms with Crippen LogP contribution in [0.1, 0.15) is 11.3 Å². The molecule has 0 atom stereocenters. The Morgan fingerprint density at radius 1 is 1.30 bits per heavy atom. The maximum atomic E-state index is 11.7. The number of carbonyl (C=O) groups is 1. The fourth-order valence-electron chi connectivity index (χ4n) is 1.72. The predicted octanol–water partition coefficient (Wildman–Crippen LogP) is -0.783. The van der Waals surface area contributed by atoms with Gasteiger partial charge in [-0.05, 0) is 17.7 Å². The molecular formula is C14H16N6O3. The van der Waals surface area contributed by atoms with Gasteiger partial charge in [0, 0.05) is 19.8 Å². The molecule has 0 saturated heterocycles. The lowest BCUT2D eigenvalue weighted by Crippen LogP contribution is -2.31. The van der Waals surface area contributed by atoms with Gasteiger partial charge in [0.15, 0.2) is 0 Å². The Hall–Kier alpha value is -3.23. The minimum absolute atomic E-state index is 0.0902. The number of H-pyrrole nitrogens is 2. The number of hydrogen-bond acceptors (Lipinski definition) is 6. The van der Waals surface area contributed by atoms with E-state index in [-0.39, 0.29) is 12.1 Å². The standard InChI is InChI=1S/C14H16N6O3/c1-20(2)10-5-3-9(4-6-10)8-15-18-12(21)7-11-13(22)16-14(23)19-17-11/h3-6,8H,7H2,1-2H3,(H,18,21)(H2,16,19,22,23)/b15-8+. The van der Waals surface area contributed by atoms with Gasteiger partial charge in [0.05, 0.1) is 12.6 Å². The van der Waals surface area contributed by atoms with Crippen LogP contribution in [0.5, 0.6) is 0 Å². The molecule has 0 unspecified atom stereocenters. The molecule has 9 nitrogen and oxygen atoms in total. The van der Waals surface area contributed by atoms with Gasteiger partial charge in [-0.3, -0.25) is 14.6 Å². The van der Waals surface area contributed by atoms with Crippen LogP contribution in [-0.4, -0.2) is 41.4 Å². The number of hydrogen-bond donors (Lipinski definition) is 3. The Balaban J connectivity index is 1.93. The molecular weight excluding hydrogens is 300 g/mol. The summed E-state index contributed by atoms with van der Waals surface area (Å²) in [5, 5.41) is 9.38. The number of aromatic amines is 2. The first-order valence-corrected chi connectivity index (χ1v) is 6.73. The highest BCUT2D eigenvalue weighted by atomic mass is 16.2. The quantitative estimate of drug-likeness (QED) is 0.493. The molecule has 0 bridgehead atoms. The summed E-state index contributed by atoms with van der Waals surface area (Å²) in [4.78, 5) is 37.8. The maximum absolute atomic E-state index is 11.7. The van der Waals surface area contributed by atoms with Gasteiger partial charge < -0.3 is 4.90 Å². The first-order valence-electron chi connectivity index (χ1n) is 6.73. The smallest absolute Gasteiger partial charge is 0.342 e. The lowest BCUT2D eigenvalue weighted by atomic mass is 10.2. The number of rotatable bonds is 5. The number of anilines is 1. The number of benzene rings is 1. The van der Waals surface area contributed by atoms with Gasteiger partial charge >= 0.3 is 5.69 Å². The van der Waals surface area contributed by atoms with E-state index in [1.165, 1.54) is 6.21 Å². The molecule has 0 aliphatic carbocycles. The van der Waals surface area contributed by atoms with E-state index in [0.717, 1.165) is 11.3 Å². The van der Waals surface area contributed by atoms with Crippen LogP contribution in [0.2, 0.25) is 0 Å². The van der Waals surface area contributed by atoms with Gasteiger partial charge in [-0.1, -0.05) is 12.1 Å². The van der Waals surface area contributed by atoms with Crippen molar-refractivity contribution >= 4 is 17.8 Å². The molecule has 120 valence electrons. The fourth-order valence-corrected chi connectivity index (χ4v) is 1.72. The van der Waals surface area contributed by atoms with E-state index in [4.69, 9.17) is 0 Å². The van der Waals surface area contributed by atoms with Crippen LogP contribution < -0.4 is 21.6 Å². The van der Waals surface area contributed by atoms with E-state index in [0.29, 0.717) is 0 Å². The van der Waals surface area contributed by atoms with Gasteiger partial charge in [0.1, 0.15) is 5.69 Å². The second kappa shape index (κ2) is 7.16. The molecule has 23 heavy (non-hydrogen) atoms. The second-order valence-electron chi connectivity index (χ2n) is 4.91. The van der Waals surface area contributed by atoms with Crippen LogP contribution >= 0.6 is 0 Å². The van der Waals surface area contributed by atoms with Crippen LogP contribution in [0, 0.1) is 0 Å². The number of nitrogens with one attached hydrogen (secondary N) is 3. The predicted molar refractivity (Wildman–Crippen MR) is 85.7 cm³/mol. The van der Waals surface area contributed by atoms with E-state index < -0.39 is 17.2 Å². The molecule has 1 heterocycles. The highest BCUT2D eigenvalue weighted by Crippen LogP contribution is 2.10. The number of carbonyl (C=O) groups excluding carboxylic acids is 1. The molecule has 0 saturated carbocycles. The van der Waals surface area contributed by atoms with E-state index in [9.17, 15) is 14.4 Å². The van der Waals surface area contributed by atoms with E-state index >= 15 is 0 Å². The summed E-state index contributed by atoms with van der Waals surface area (Å²) < 4.78 is 0. The summed E-state index contributed by atoms with van der Waals surface area (Å²) >= 11 is 0. The summed E-state index contributed by atoms with van der Waals surface area (Å²) in [6.45, 7) is 0. The van der Waals surface area contributed by atoms with E-state index in [2.05, 4.69) is 20.7 Å². The molecule has 1 amide bonds. The van der Waals surface area contributed by atoms with Crippen molar-refractivity contribution < 1.29 is 4.79 Å². The summed E-state index contributed by atoms with van der Waals surface area (Å²) in [7, 11) is 3.88.